The number of carboxylic acids is 1. The van der Waals surface area contributed by atoms with E-state index in [4.69, 9.17) is 9.52 Å². The first kappa shape index (κ1) is 15.4. The Morgan fingerprint density at radius 2 is 2.18 bits per heavy atom. The first-order chi connectivity index (χ1) is 10.7. The van der Waals surface area contributed by atoms with Crippen molar-refractivity contribution in [1.82, 2.24) is 10.2 Å². The van der Waals surface area contributed by atoms with E-state index in [2.05, 4.69) is 15.5 Å². The Labute approximate surface area is 136 Å². The van der Waals surface area contributed by atoms with Gasteiger partial charge in [0, 0.05) is 6.04 Å². The van der Waals surface area contributed by atoms with Gasteiger partial charge in [-0.3, -0.25) is 0 Å². The molecule has 6 nitrogen and oxygen atoms in total. The van der Waals surface area contributed by atoms with Gasteiger partial charge in [0.25, 0.3) is 0 Å². The predicted octanol–water partition coefficient (Wildman–Crippen LogP) is 3.87. The molecule has 1 fully saturated rings. The lowest BCUT2D eigenvalue weighted by Crippen LogP contribution is -2.21. The molecule has 2 aromatic heterocycles. The van der Waals surface area contributed by atoms with Crippen molar-refractivity contribution < 1.29 is 14.3 Å². The van der Waals surface area contributed by atoms with Gasteiger partial charge in [-0.2, -0.15) is 0 Å². The van der Waals surface area contributed by atoms with Gasteiger partial charge in [0.1, 0.15) is 5.76 Å². The Kier molecular flexibility index (Phi) is 4.99. The number of hydrogen-bond acceptors (Lipinski definition) is 7. The molecule has 0 bridgehead atoms. The van der Waals surface area contributed by atoms with Crippen LogP contribution in [0, 0.1) is 0 Å². The van der Waals surface area contributed by atoms with E-state index in [0.717, 1.165) is 9.47 Å². The van der Waals surface area contributed by atoms with Gasteiger partial charge < -0.3 is 14.8 Å². The number of thioether (sulfide) groups is 1. The molecule has 0 spiro atoms. The van der Waals surface area contributed by atoms with E-state index < -0.39 is 5.97 Å². The molecule has 22 heavy (non-hydrogen) atoms. The Hall–Kier alpha value is -1.54. The van der Waals surface area contributed by atoms with Gasteiger partial charge in [-0.25, -0.2) is 4.79 Å². The lowest BCUT2D eigenvalue weighted by Gasteiger charge is -2.21. The van der Waals surface area contributed by atoms with E-state index in [0.29, 0.717) is 17.6 Å². The van der Waals surface area contributed by atoms with Crippen LogP contribution in [0.25, 0.3) is 0 Å². The molecular weight excluding hydrogens is 322 g/mol. The van der Waals surface area contributed by atoms with E-state index in [1.54, 1.807) is 6.07 Å². The molecule has 0 amide bonds. The fourth-order valence-corrected chi connectivity index (χ4v) is 4.17. The molecule has 0 radical (unpaired) electrons. The highest BCUT2D eigenvalue weighted by Crippen LogP contribution is 2.30. The fourth-order valence-electron chi connectivity index (χ4n) is 2.45. The third kappa shape index (κ3) is 4.01. The molecule has 1 saturated carbocycles. The van der Waals surface area contributed by atoms with Crippen molar-refractivity contribution in [2.45, 2.75) is 48.2 Å². The first-order valence-electron chi connectivity index (χ1n) is 7.25. The highest BCUT2D eigenvalue weighted by molar-refractivity contribution is 8.00. The molecule has 0 aromatic carbocycles. The maximum absolute atomic E-state index is 10.8. The van der Waals surface area contributed by atoms with Crippen LogP contribution in [0.4, 0.5) is 5.13 Å². The summed E-state index contributed by atoms with van der Waals surface area (Å²) in [5.74, 6) is 0.0868. The zero-order valence-electron chi connectivity index (χ0n) is 11.9. The topological polar surface area (TPSA) is 88.2 Å². The highest BCUT2D eigenvalue weighted by atomic mass is 32.2. The quantitative estimate of drug-likeness (QED) is 0.772. The number of hydrogen-bond donors (Lipinski definition) is 2. The van der Waals surface area contributed by atoms with Crippen molar-refractivity contribution in [2.75, 3.05) is 5.32 Å². The Morgan fingerprint density at radius 1 is 1.36 bits per heavy atom. The second-order valence-electron chi connectivity index (χ2n) is 5.21. The standard InChI is InChI=1S/C14H17N3O3S2/c18-12(19)11-7-6-10(20-11)8-21-14-17-16-13(22-14)15-9-4-2-1-3-5-9/h6-7,9H,1-5,8H2,(H,15,16)(H,18,19). The molecule has 3 rings (SSSR count). The minimum Gasteiger partial charge on any atom is -0.475 e. The average Bonchev–Trinajstić information content (AvgIpc) is 3.15. The normalized spacial score (nSPS) is 15.8. The monoisotopic (exact) mass is 339 g/mol. The van der Waals surface area contributed by atoms with Crippen LogP contribution < -0.4 is 5.32 Å². The van der Waals surface area contributed by atoms with Gasteiger partial charge in [0.15, 0.2) is 4.34 Å². The molecule has 0 saturated heterocycles. The molecule has 2 aromatic rings. The average molecular weight is 339 g/mol. The van der Waals surface area contributed by atoms with Crippen molar-refractivity contribution in [2.24, 2.45) is 0 Å². The van der Waals surface area contributed by atoms with Gasteiger partial charge in [0.05, 0.1) is 5.75 Å². The minimum absolute atomic E-state index is 0.0347. The number of rotatable bonds is 6. The van der Waals surface area contributed by atoms with E-state index in [1.807, 2.05) is 0 Å². The molecule has 118 valence electrons. The molecule has 0 aliphatic heterocycles. The summed E-state index contributed by atoms with van der Waals surface area (Å²) in [6.07, 6.45) is 6.29. The van der Waals surface area contributed by atoms with Crippen LogP contribution in [0.1, 0.15) is 48.4 Å². The summed E-state index contributed by atoms with van der Waals surface area (Å²) in [7, 11) is 0. The zero-order chi connectivity index (χ0) is 15.4. The number of aromatic nitrogens is 2. The smallest absolute Gasteiger partial charge is 0.371 e. The van der Waals surface area contributed by atoms with Crippen LogP contribution in [0.15, 0.2) is 20.9 Å². The molecule has 8 heteroatoms. The lowest BCUT2D eigenvalue weighted by molar-refractivity contribution is 0.0661. The van der Waals surface area contributed by atoms with E-state index in [9.17, 15) is 4.79 Å². The number of carbonyl (C=O) groups is 1. The maximum Gasteiger partial charge on any atom is 0.371 e. The summed E-state index contributed by atoms with van der Waals surface area (Å²) in [6.45, 7) is 0. The molecule has 0 atom stereocenters. The van der Waals surface area contributed by atoms with E-state index in [-0.39, 0.29) is 5.76 Å². The van der Waals surface area contributed by atoms with Gasteiger partial charge in [-0.15, -0.1) is 10.2 Å². The second-order valence-corrected chi connectivity index (χ2v) is 7.41. The maximum atomic E-state index is 10.8. The number of nitrogens with one attached hydrogen (secondary N) is 1. The molecule has 2 N–H and O–H groups in total. The Balaban J connectivity index is 1.51. The molecule has 2 heterocycles. The fraction of sp³-hybridized carbons (Fsp3) is 0.500. The molecule has 1 aliphatic carbocycles. The number of furan rings is 1. The van der Waals surface area contributed by atoms with Crippen LogP contribution in [-0.2, 0) is 5.75 Å². The number of anilines is 1. The van der Waals surface area contributed by atoms with Gasteiger partial charge in [-0.1, -0.05) is 42.4 Å². The summed E-state index contributed by atoms with van der Waals surface area (Å²) in [4.78, 5) is 10.8. The number of aromatic carboxylic acids is 1. The predicted molar refractivity (Wildman–Crippen MR) is 85.6 cm³/mol. The van der Waals surface area contributed by atoms with Gasteiger partial charge in [0.2, 0.25) is 10.9 Å². The van der Waals surface area contributed by atoms with Crippen molar-refractivity contribution in [3.05, 3.63) is 23.7 Å². The minimum atomic E-state index is -1.05. The molecular formula is C14H17N3O3S2. The van der Waals surface area contributed by atoms with Crippen LogP contribution in [0.2, 0.25) is 0 Å². The SMILES string of the molecule is O=C(O)c1ccc(CSc2nnc(NC3CCCCC3)s2)o1. The Bertz CT molecular complexity index is 635. The van der Waals surface area contributed by atoms with E-state index in [1.165, 1.54) is 61.3 Å². The van der Waals surface area contributed by atoms with Crippen molar-refractivity contribution >= 4 is 34.2 Å². The van der Waals surface area contributed by atoms with Gasteiger partial charge in [-0.05, 0) is 25.0 Å². The van der Waals surface area contributed by atoms with Crippen molar-refractivity contribution in [1.29, 1.82) is 0 Å². The summed E-state index contributed by atoms with van der Waals surface area (Å²) in [6, 6.07) is 3.66. The van der Waals surface area contributed by atoms with Crippen LogP contribution in [0.3, 0.4) is 0 Å². The molecule has 1 aliphatic rings. The van der Waals surface area contributed by atoms with Crippen LogP contribution in [0.5, 0.6) is 0 Å². The van der Waals surface area contributed by atoms with Gasteiger partial charge >= 0.3 is 5.97 Å². The lowest BCUT2D eigenvalue weighted by atomic mass is 9.96. The largest absolute Gasteiger partial charge is 0.475 e. The van der Waals surface area contributed by atoms with Crippen LogP contribution in [-0.4, -0.2) is 27.3 Å². The van der Waals surface area contributed by atoms with Crippen LogP contribution >= 0.6 is 23.1 Å². The van der Waals surface area contributed by atoms with Crippen molar-refractivity contribution in [3.63, 3.8) is 0 Å². The molecule has 0 unspecified atom stereocenters. The number of nitrogens with zero attached hydrogens (tertiary/aromatic N) is 2. The number of carboxylic acid groups (broad SMARTS) is 1. The highest BCUT2D eigenvalue weighted by Gasteiger charge is 2.15. The third-order valence-corrected chi connectivity index (χ3v) is 5.56. The third-order valence-electron chi connectivity index (χ3n) is 3.55. The van der Waals surface area contributed by atoms with Crippen molar-refractivity contribution in [3.8, 4) is 0 Å². The first-order valence-corrected chi connectivity index (χ1v) is 9.06. The summed E-state index contributed by atoms with van der Waals surface area (Å²) in [5.41, 5.74) is 0. The van der Waals surface area contributed by atoms with E-state index >= 15 is 0 Å². The Morgan fingerprint density at radius 3 is 2.91 bits per heavy atom. The summed E-state index contributed by atoms with van der Waals surface area (Å²) < 4.78 is 6.07. The summed E-state index contributed by atoms with van der Waals surface area (Å²) >= 11 is 3.03. The zero-order valence-corrected chi connectivity index (χ0v) is 13.6. The summed E-state index contributed by atoms with van der Waals surface area (Å²) in [5, 5.41) is 21.4. The second kappa shape index (κ2) is 7.15.